The summed E-state index contributed by atoms with van der Waals surface area (Å²) in [4.78, 5) is 0. The third-order valence-electron chi connectivity index (χ3n) is 2.76. The molecule has 0 fully saturated rings. The lowest BCUT2D eigenvalue weighted by Gasteiger charge is -2.12. The molecule has 3 heteroatoms. The Kier molecular flexibility index (Phi) is 6.09. The van der Waals surface area contributed by atoms with Crippen LogP contribution in [0.15, 0.2) is 30.9 Å². The van der Waals surface area contributed by atoms with E-state index in [1.807, 2.05) is 18.2 Å². The Morgan fingerprint density at radius 2 is 2.29 bits per heavy atom. The number of rotatable bonds is 7. The fraction of sp³-hybridized carbons (Fsp3) is 0.429. The Bertz CT molecular complexity index is 365. The van der Waals surface area contributed by atoms with Crippen LogP contribution in [0.5, 0.6) is 5.75 Å². The number of hydrogen-bond donors (Lipinski definition) is 1. The minimum Gasteiger partial charge on any atom is -0.489 e. The van der Waals surface area contributed by atoms with Crippen LogP contribution < -0.4 is 10.1 Å². The Balaban J connectivity index is 2.72. The number of hydrogen-bond acceptors (Lipinski definition) is 1. The Morgan fingerprint density at radius 1 is 1.53 bits per heavy atom. The van der Waals surface area contributed by atoms with Gasteiger partial charge < -0.3 is 10.1 Å². The Morgan fingerprint density at radius 3 is 2.94 bits per heavy atom. The Hall–Kier alpha value is -0.990. The molecule has 1 rings (SSSR count). The van der Waals surface area contributed by atoms with Gasteiger partial charge in [0.15, 0.2) is 0 Å². The van der Waals surface area contributed by atoms with Gasteiger partial charge in [-0.15, -0.1) is 0 Å². The summed E-state index contributed by atoms with van der Waals surface area (Å²) in [5.74, 6) is 0.897. The van der Waals surface area contributed by atoms with Gasteiger partial charge in [0.1, 0.15) is 18.9 Å². The molecule has 1 aromatic rings. The molecule has 1 atom stereocenters. The molecule has 0 unspecified atom stereocenters. The van der Waals surface area contributed by atoms with Crippen molar-refractivity contribution in [1.29, 1.82) is 0 Å². The largest absolute Gasteiger partial charge is 0.489 e. The van der Waals surface area contributed by atoms with Crippen molar-refractivity contribution in [3.05, 3.63) is 41.4 Å². The molecule has 1 aromatic carbocycles. The highest BCUT2D eigenvalue weighted by molar-refractivity contribution is 6.30. The average molecular weight is 255 g/mol. The van der Waals surface area contributed by atoms with Crippen LogP contribution in [0.4, 0.5) is 0 Å². The van der Waals surface area contributed by atoms with Gasteiger partial charge in [-0.25, -0.2) is 0 Å². The first-order valence-electron chi connectivity index (χ1n) is 6.02. The van der Waals surface area contributed by atoms with Gasteiger partial charge >= 0.3 is 0 Å². The summed E-state index contributed by atoms with van der Waals surface area (Å²) in [5.41, 5.74) is 1.14. The average Bonchev–Trinajstić information content (AvgIpc) is 2.34. The maximum absolute atomic E-state index is 6.01. The van der Waals surface area contributed by atoms with Crippen molar-refractivity contribution in [2.75, 3.05) is 6.61 Å². The van der Waals surface area contributed by atoms with E-state index in [-0.39, 0.29) is 0 Å². The number of benzene rings is 1. The summed E-state index contributed by atoms with van der Waals surface area (Å²) in [6, 6.07) is 6.36. The minimum atomic E-state index is 0.526. The van der Waals surface area contributed by atoms with Crippen molar-refractivity contribution < 1.29 is 10.1 Å². The quantitative estimate of drug-likeness (QED) is 0.744. The van der Waals surface area contributed by atoms with E-state index < -0.39 is 0 Å². The van der Waals surface area contributed by atoms with Crippen LogP contribution in [0.2, 0.25) is 5.02 Å². The van der Waals surface area contributed by atoms with Gasteiger partial charge in [0.05, 0.1) is 6.04 Å². The molecule has 0 aliphatic heterocycles. The molecule has 0 heterocycles. The van der Waals surface area contributed by atoms with Gasteiger partial charge in [0.25, 0.3) is 0 Å². The van der Waals surface area contributed by atoms with Crippen LogP contribution in [0.3, 0.4) is 0 Å². The first kappa shape index (κ1) is 14.1. The van der Waals surface area contributed by atoms with Crippen molar-refractivity contribution >= 4 is 11.6 Å². The van der Waals surface area contributed by atoms with Gasteiger partial charge in [-0.05, 0) is 31.5 Å². The zero-order chi connectivity index (χ0) is 12.7. The van der Waals surface area contributed by atoms with Crippen LogP contribution >= 0.6 is 11.6 Å². The summed E-state index contributed by atoms with van der Waals surface area (Å²) in [6.45, 7) is 9.47. The second kappa shape index (κ2) is 7.36. The van der Waals surface area contributed by atoms with E-state index in [4.69, 9.17) is 16.3 Å². The fourth-order valence-corrected chi connectivity index (χ4v) is 1.69. The lowest BCUT2D eigenvalue weighted by Crippen LogP contribution is -2.87. The third kappa shape index (κ3) is 4.80. The zero-order valence-electron chi connectivity index (χ0n) is 10.6. The molecule has 0 aliphatic rings. The van der Waals surface area contributed by atoms with E-state index in [0.29, 0.717) is 12.6 Å². The summed E-state index contributed by atoms with van der Waals surface area (Å²) in [7, 11) is 0. The van der Waals surface area contributed by atoms with Crippen molar-refractivity contribution in [1.82, 2.24) is 0 Å². The maximum atomic E-state index is 6.01. The smallest absolute Gasteiger partial charge is 0.128 e. The number of halogens is 1. The standard InChI is InChI=1S/C14H20ClNO/c1-4-8-17-14-7-6-13(15)9-12(14)10-16-11(3)5-2/h4,6-7,9,11,16H,1,5,8,10H2,2-3H3/p+1/t11-/m0/s1. The van der Waals surface area contributed by atoms with Crippen LogP contribution in [0, 0.1) is 0 Å². The summed E-state index contributed by atoms with van der Waals surface area (Å²) in [5, 5.41) is 3.05. The summed E-state index contributed by atoms with van der Waals surface area (Å²) < 4.78 is 5.61. The van der Waals surface area contributed by atoms with Crippen LogP contribution in [-0.2, 0) is 6.54 Å². The first-order valence-corrected chi connectivity index (χ1v) is 6.40. The van der Waals surface area contributed by atoms with Gasteiger partial charge in [0.2, 0.25) is 0 Å². The van der Waals surface area contributed by atoms with E-state index in [1.165, 1.54) is 0 Å². The molecule has 17 heavy (non-hydrogen) atoms. The predicted octanol–water partition coefficient (Wildman–Crippen LogP) is 2.77. The topological polar surface area (TPSA) is 25.8 Å². The molecule has 2 nitrogen and oxygen atoms in total. The van der Waals surface area contributed by atoms with Crippen molar-refractivity contribution in [3.63, 3.8) is 0 Å². The first-order chi connectivity index (χ1) is 8.17. The molecule has 0 saturated carbocycles. The molecular weight excluding hydrogens is 234 g/mol. The monoisotopic (exact) mass is 254 g/mol. The molecule has 0 spiro atoms. The third-order valence-corrected chi connectivity index (χ3v) is 3.00. The highest BCUT2D eigenvalue weighted by Gasteiger charge is 2.08. The number of ether oxygens (including phenoxy) is 1. The predicted molar refractivity (Wildman–Crippen MR) is 72.5 cm³/mol. The molecule has 0 radical (unpaired) electrons. The normalized spacial score (nSPS) is 12.2. The second-order valence-electron chi connectivity index (χ2n) is 4.18. The molecule has 94 valence electrons. The van der Waals surface area contributed by atoms with E-state index in [2.05, 4.69) is 25.7 Å². The van der Waals surface area contributed by atoms with Crippen LogP contribution in [0.25, 0.3) is 0 Å². The molecule has 0 aliphatic carbocycles. The van der Waals surface area contributed by atoms with Crippen molar-refractivity contribution in [2.45, 2.75) is 32.9 Å². The fourth-order valence-electron chi connectivity index (χ4n) is 1.49. The highest BCUT2D eigenvalue weighted by Crippen LogP contribution is 2.22. The summed E-state index contributed by atoms with van der Waals surface area (Å²) >= 11 is 6.01. The van der Waals surface area contributed by atoms with Crippen molar-refractivity contribution in [2.24, 2.45) is 0 Å². The molecule has 0 amide bonds. The number of nitrogens with two attached hydrogens (primary N) is 1. The van der Waals surface area contributed by atoms with Crippen LogP contribution in [0.1, 0.15) is 25.8 Å². The van der Waals surface area contributed by atoms with Gasteiger partial charge in [0, 0.05) is 10.6 Å². The van der Waals surface area contributed by atoms with E-state index in [1.54, 1.807) is 6.08 Å². The minimum absolute atomic E-state index is 0.526. The van der Waals surface area contributed by atoms with Gasteiger partial charge in [-0.3, -0.25) is 0 Å². The van der Waals surface area contributed by atoms with Crippen LogP contribution in [-0.4, -0.2) is 12.6 Å². The molecular formula is C14H21ClNO+. The van der Waals surface area contributed by atoms with E-state index in [0.717, 1.165) is 29.3 Å². The van der Waals surface area contributed by atoms with E-state index in [9.17, 15) is 0 Å². The van der Waals surface area contributed by atoms with Gasteiger partial charge in [-0.1, -0.05) is 31.2 Å². The number of quaternary nitrogens is 1. The molecule has 2 N–H and O–H groups in total. The summed E-state index contributed by atoms with van der Waals surface area (Å²) in [6.07, 6.45) is 2.90. The maximum Gasteiger partial charge on any atom is 0.128 e. The zero-order valence-corrected chi connectivity index (χ0v) is 11.3. The lowest BCUT2D eigenvalue weighted by atomic mass is 10.1. The molecule has 0 bridgehead atoms. The Labute approximate surface area is 109 Å². The molecule has 0 aromatic heterocycles. The molecule has 0 saturated heterocycles. The van der Waals surface area contributed by atoms with Gasteiger partial charge in [-0.2, -0.15) is 0 Å². The van der Waals surface area contributed by atoms with Crippen molar-refractivity contribution in [3.8, 4) is 5.75 Å². The second-order valence-corrected chi connectivity index (χ2v) is 4.61. The SMILES string of the molecule is C=CCOc1ccc(Cl)cc1C[NH2+][C@@H](C)CC. The highest BCUT2D eigenvalue weighted by atomic mass is 35.5. The lowest BCUT2D eigenvalue weighted by molar-refractivity contribution is -0.701. The van der Waals surface area contributed by atoms with E-state index >= 15 is 0 Å².